The van der Waals surface area contributed by atoms with Crippen molar-refractivity contribution in [2.24, 2.45) is 17.3 Å². The van der Waals surface area contributed by atoms with Crippen LogP contribution in [0.2, 0.25) is 0 Å². The fraction of sp³-hybridized carbons (Fsp3) is 1.00. The van der Waals surface area contributed by atoms with Gasteiger partial charge in [0, 0.05) is 6.61 Å². The Morgan fingerprint density at radius 3 is 2.60 bits per heavy atom. The number of aliphatic hydroxyl groups is 2. The van der Waals surface area contributed by atoms with Crippen LogP contribution in [0.25, 0.3) is 0 Å². The van der Waals surface area contributed by atoms with Crippen molar-refractivity contribution in [3.05, 3.63) is 0 Å². The molecular weight excluding hydrogens is 188 g/mol. The standard InChI is InChI=1S/C13H26O2/c1-4-6-13(3)7-5-11(10(2)9-14)12(15)8-13/h10-12,14-15H,4-9H2,1-3H3. The van der Waals surface area contributed by atoms with Gasteiger partial charge in [0.1, 0.15) is 0 Å². The molecule has 0 aromatic carbocycles. The topological polar surface area (TPSA) is 40.5 Å². The minimum Gasteiger partial charge on any atom is -0.396 e. The van der Waals surface area contributed by atoms with Crippen LogP contribution >= 0.6 is 0 Å². The first-order valence-electron chi connectivity index (χ1n) is 6.31. The number of hydrogen-bond donors (Lipinski definition) is 2. The van der Waals surface area contributed by atoms with Crippen LogP contribution in [0.3, 0.4) is 0 Å². The molecule has 0 aromatic heterocycles. The van der Waals surface area contributed by atoms with E-state index in [0.29, 0.717) is 11.3 Å². The van der Waals surface area contributed by atoms with Crippen molar-refractivity contribution in [2.45, 2.75) is 59.0 Å². The molecule has 4 atom stereocenters. The molecule has 1 rings (SSSR count). The summed E-state index contributed by atoms with van der Waals surface area (Å²) in [5, 5.41) is 19.2. The summed E-state index contributed by atoms with van der Waals surface area (Å²) in [7, 11) is 0. The monoisotopic (exact) mass is 214 g/mol. The van der Waals surface area contributed by atoms with E-state index < -0.39 is 0 Å². The van der Waals surface area contributed by atoms with Gasteiger partial charge in [0.05, 0.1) is 6.10 Å². The molecule has 2 N–H and O–H groups in total. The molecule has 0 aliphatic heterocycles. The largest absolute Gasteiger partial charge is 0.396 e. The van der Waals surface area contributed by atoms with Crippen molar-refractivity contribution in [3.63, 3.8) is 0 Å². The molecule has 0 saturated heterocycles. The summed E-state index contributed by atoms with van der Waals surface area (Å²) in [6.45, 7) is 6.74. The Balaban J connectivity index is 2.54. The molecule has 1 aliphatic carbocycles. The van der Waals surface area contributed by atoms with Crippen LogP contribution in [0.15, 0.2) is 0 Å². The third-order valence-corrected chi connectivity index (χ3v) is 4.15. The minimum atomic E-state index is -0.211. The molecule has 90 valence electrons. The fourth-order valence-corrected chi connectivity index (χ4v) is 3.10. The minimum absolute atomic E-state index is 0.201. The highest BCUT2D eigenvalue weighted by Gasteiger charge is 2.38. The van der Waals surface area contributed by atoms with E-state index in [1.165, 1.54) is 19.3 Å². The second-order valence-electron chi connectivity index (χ2n) is 5.69. The highest BCUT2D eigenvalue weighted by Crippen LogP contribution is 2.44. The molecule has 2 heteroatoms. The fourth-order valence-electron chi connectivity index (χ4n) is 3.10. The van der Waals surface area contributed by atoms with Gasteiger partial charge in [0.25, 0.3) is 0 Å². The van der Waals surface area contributed by atoms with E-state index >= 15 is 0 Å². The molecule has 0 spiro atoms. The summed E-state index contributed by atoms with van der Waals surface area (Å²) in [6.07, 6.45) is 5.38. The van der Waals surface area contributed by atoms with Gasteiger partial charge in [-0.1, -0.05) is 27.2 Å². The third kappa shape index (κ3) is 3.18. The molecule has 2 nitrogen and oxygen atoms in total. The summed E-state index contributed by atoms with van der Waals surface area (Å²) in [5.41, 5.74) is 0.333. The summed E-state index contributed by atoms with van der Waals surface area (Å²) < 4.78 is 0. The van der Waals surface area contributed by atoms with E-state index in [-0.39, 0.29) is 18.6 Å². The van der Waals surface area contributed by atoms with Crippen molar-refractivity contribution in [2.75, 3.05) is 6.61 Å². The summed E-state index contributed by atoms with van der Waals surface area (Å²) >= 11 is 0. The predicted molar refractivity (Wildman–Crippen MR) is 62.6 cm³/mol. The van der Waals surface area contributed by atoms with Crippen molar-refractivity contribution >= 4 is 0 Å². The van der Waals surface area contributed by atoms with E-state index in [4.69, 9.17) is 5.11 Å². The van der Waals surface area contributed by atoms with E-state index in [0.717, 1.165) is 12.8 Å². The lowest BCUT2D eigenvalue weighted by Gasteiger charge is -2.42. The molecule has 1 aliphatic rings. The van der Waals surface area contributed by atoms with Gasteiger partial charge >= 0.3 is 0 Å². The maximum absolute atomic E-state index is 10.1. The maximum atomic E-state index is 10.1. The molecule has 0 bridgehead atoms. The number of rotatable bonds is 4. The van der Waals surface area contributed by atoms with Crippen molar-refractivity contribution < 1.29 is 10.2 Å². The van der Waals surface area contributed by atoms with E-state index in [1.54, 1.807) is 0 Å². The molecule has 4 unspecified atom stereocenters. The Morgan fingerprint density at radius 1 is 1.47 bits per heavy atom. The quantitative estimate of drug-likeness (QED) is 0.755. The van der Waals surface area contributed by atoms with Crippen LogP contribution in [-0.2, 0) is 0 Å². The Morgan fingerprint density at radius 2 is 2.13 bits per heavy atom. The van der Waals surface area contributed by atoms with Gasteiger partial charge in [-0.2, -0.15) is 0 Å². The summed E-state index contributed by atoms with van der Waals surface area (Å²) in [6, 6.07) is 0. The smallest absolute Gasteiger partial charge is 0.0577 e. The van der Waals surface area contributed by atoms with Gasteiger partial charge in [-0.3, -0.25) is 0 Å². The number of hydrogen-bond acceptors (Lipinski definition) is 2. The van der Waals surface area contributed by atoms with E-state index in [2.05, 4.69) is 13.8 Å². The van der Waals surface area contributed by atoms with Gasteiger partial charge in [-0.15, -0.1) is 0 Å². The Hall–Kier alpha value is -0.0800. The maximum Gasteiger partial charge on any atom is 0.0577 e. The molecule has 0 radical (unpaired) electrons. The second-order valence-corrected chi connectivity index (χ2v) is 5.69. The van der Waals surface area contributed by atoms with Crippen molar-refractivity contribution in [3.8, 4) is 0 Å². The molecule has 15 heavy (non-hydrogen) atoms. The SMILES string of the molecule is CCCC1(C)CCC(C(C)CO)C(O)C1. The highest BCUT2D eigenvalue weighted by molar-refractivity contribution is 4.88. The van der Waals surface area contributed by atoms with Crippen LogP contribution in [-0.4, -0.2) is 22.9 Å². The third-order valence-electron chi connectivity index (χ3n) is 4.15. The lowest BCUT2D eigenvalue weighted by Crippen LogP contribution is -2.39. The van der Waals surface area contributed by atoms with Crippen LogP contribution in [0.1, 0.15) is 52.9 Å². The van der Waals surface area contributed by atoms with Gasteiger partial charge < -0.3 is 10.2 Å². The van der Waals surface area contributed by atoms with Crippen LogP contribution in [0.4, 0.5) is 0 Å². The molecular formula is C13H26O2. The first-order chi connectivity index (χ1) is 7.02. The van der Waals surface area contributed by atoms with Crippen LogP contribution < -0.4 is 0 Å². The van der Waals surface area contributed by atoms with Crippen molar-refractivity contribution in [1.29, 1.82) is 0 Å². The van der Waals surface area contributed by atoms with Gasteiger partial charge in [-0.05, 0) is 42.9 Å². The highest BCUT2D eigenvalue weighted by atomic mass is 16.3. The van der Waals surface area contributed by atoms with Crippen molar-refractivity contribution in [1.82, 2.24) is 0 Å². The first kappa shape index (κ1) is 13.0. The van der Waals surface area contributed by atoms with Gasteiger partial charge in [0.15, 0.2) is 0 Å². The number of aliphatic hydroxyl groups excluding tert-OH is 2. The van der Waals surface area contributed by atoms with Gasteiger partial charge in [-0.25, -0.2) is 0 Å². The lowest BCUT2D eigenvalue weighted by molar-refractivity contribution is -0.0262. The van der Waals surface area contributed by atoms with Gasteiger partial charge in [0.2, 0.25) is 0 Å². The zero-order valence-corrected chi connectivity index (χ0v) is 10.4. The molecule has 1 saturated carbocycles. The van der Waals surface area contributed by atoms with E-state index in [1.807, 2.05) is 6.92 Å². The second kappa shape index (κ2) is 5.31. The first-order valence-corrected chi connectivity index (χ1v) is 6.31. The summed E-state index contributed by atoms with van der Waals surface area (Å²) in [4.78, 5) is 0. The Kier molecular flexibility index (Phi) is 4.60. The summed E-state index contributed by atoms with van der Waals surface area (Å²) in [5.74, 6) is 0.547. The lowest BCUT2D eigenvalue weighted by atomic mass is 9.65. The molecule has 0 heterocycles. The molecule has 1 fully saturated rings. The average Bonchev–Trinajstić information content (AvgIpc) is 2.17. The normalized spacial score (nSPS) is 39.0. The Bertz CT molecular complexity index is 193. The Labute approximate surface area is 93.7 Å². The zero-order valence-electron chi connectivity index (χ0n) is 10.4. The molecule has 0 amide bonds. The zero-order chi connectivity index (χ0) is 11.5. The van der Waals surface area contributed by atoms with E-state index in [9.17, 15) is 5.11 Å². The predicted octanol–water partition coefficient (Wildman–Crippen LogP) is 2.58. The van der Waals surface area contributed by atoms with Crippen LogP contribution in [0, 0.1) is 17.3 Å². The molecule has 0 aromatic rings. The average molecular weight is 214 g/mol. The van der Waals surface area contributed by atoms with Crippen LogP contribution in [0.5, 0.6) is 0 Å².